The average Bonchev–Trinajstić information content (AvgIpc) is 2.00. The molecule has 0 N–H and O–H groups in total. The van der Waals surface area contributed by atoms with Crippen LogP contribution < -0.4 is 0 Å². The summed E-state index contributed by atoms with van der Waals surface area (Å²) < 4.78 is 107. The van der Waals surface area contributed by atoms with Crippen molar-refractivity contribution in [3.05, 3.63) is 0 Å². The van der Waals surface area contributed by atoms with Gasteiger partial charge in [0, 0.05) is 0 Å². The maximum absolute atomic E-state index is 12.3. The first-order valence-electron chi connectivity index (χ1n) is 3.52. The zero-order valence-corrected chi connectivity index (χ0v) is 8.30. The van der Waals surface area contributed by atoms with Crippen molar-refractivity contribution in [1.29, 1.82) is 0 Å². The predicted octanol–water partition coefficient (Wildman–Crippen LogP) is 2.14. The lowest BCUT2D eigenvalue weighted by Crippen LogP contribution is -2.54. The zero-order chi connectivity index (χ0) is 13.4. The summed E-state index contributed by atoms with van der Waals surface area (Å²) in [5, 5.41) is 0. The van der Waals surface area contributed by atoms with E-state index in [1.165, 1.54) is 0 Å². The van der Waals surface area contributed by atoms with E-state index in [0.29, 0.717) is 0 Å². The molecule has 98 valence electrons. The number of halogens is 7. The van der Waals surface area contributed by atoms with E-state index in [2.05, 4.69) is 4.18 Å². The van der Waals surface area contributed by atoms with Crippen molar-refractivity contribution in [3.63, 3.8) is 0 Å². The van der Waals surface area contributed by atoms with Gasteiger partial charge in [-0.25, -0.2) is 0 Å². The van der Waals surface area contributed by atoms with Gasteiger partial charge in [-0.2, -0.15) is 43.3 Å². The van der Waals surface area contributed by atoms with Crippen LogP contribution >= 0.6 is 0 Å². The van der Waals surface area contributed by atoms with Crippen LogP contribution in [0.2, 0.25) is 0 Å². The fraction of sp³-hybridized carbons (Fsp3) is 1.00. The van der Waals surface area contributed by atoms with Crippen molar-refractivity contribution in [2.24, 2.45) is 0 Å². The SMILES string of the molecule is CCS(=O)(=O)OC(F)(F)C(F)(F)C(F)(F)F. The third-order valence-electron chi connectivity index (χ3n) is 1.31. The van der Waals surface area contributed by atoms with Gasteiger partial charge in [0.2, 0.25) is 0 Å². The summed E-state index contributed by atoms with van der Waals surface area (Å²) in [6.45, 7) is 0.733. The first-order valence-corrected chi connectivity index (χ1v) is 5.10. The highest BCUT2D eigenvalue weighted by molar-refractivity contribution is 7.86. The molecule has 0 amide bonds. The molecule has 0 aromatic heterocycles. The van der Waals surface area contributed by atoms with Crippen LogP contribution in [0.4, 0.5) is 30.7 Å². The van der Waals surface area contributed by atoms with Gasteiger partial charge >= 0.3 is 18.2 Å². The molecule has 11 heteroatoms. The number of hydrogen-bond donors (Lipinski definition) is 0. The van der Waals surface area contributed by atoms with Gasteiger partial charge in [0.15, 0.2) is 0 Å². The Morgan fingerprint density at radius 3 is 1.62 bits per heavy atom. The van der Waals surface area contributed by atoms with Gasteiger partial charge in [0.1, 0.15) is 0 Å². The number of hydrogen-bond acceptors (Lipinski definition) is 3. The fourth-order valence-corrected chi connectivity index (χ4v) is 0.977. The van der Waals surface area contributed by atoms with Crippen LogP contribution in [0.3, 0.4) is 0 Å². The topological polar surface area (TPSA) is 43.4 Å². The van der Waals surface area contributed by atoms with Crippen molar-refractivity contribution in [2.45, 2.75) is 25.1 Å². The Balaban J connectivity index is 5.23. The predicted molar refractivity (Wildman–Crippen MR) is 36.5 cm³/mol. The van der Waals surface area contributed by atoms with Crippen molar-refractivity contribution < 1.29 is 43.3 Å². The van der Waals surface area contributed by atoms with Crippen LogP contribution in [-0.2, 0) is 14.3 Å². The van der Waals surface area contributed by atoms with Gasteiger partial charge in [0.05, 0.1) is 5.75 Å². The maximum atomic E-state index is 12.3. The minimum absolute atomic E-state index is 0.733. The summed E-state index contributed by atoms with van der Waals surface area (Å²) in [4.78, 5) is 0. The van der Waals surface area contributed by atoms with Crippen molar-refractivity contribution in [1.82, 2.24) is 0 Å². The van der Waals surface area contributed by atoms with Crippen LogP contribution in [0.15, 0.2) is 0 Å². The van der Waals surface area contributed by atoms with E-state index in [4.69, 9.17) is 0 Å². The molecule has 0 aliphatic rings. The van der Waals surface area contributed by atoms with Gasteiger partial charge in [-0.15, -0.1) is 0 Å². The van der Waals surface area contributed by atoms with Crippen LogP contribution in [0, 0.1) is 0 Å². The summed E-state index contributed by atoms with van der Waals surface area (Å²) in [7, 11) is -5.15. The Kier molecular flexibility index (Phi) is 3.87. The van der Waals surface area contributed by atoms with E-state index < -0.39 is 34.1 Å². The Morgan fingerprint density at radius 2 is 1.38 bits per heavy atom. The minimum atomic E-state index is -6.63. The van der Waals surface area contributed by atoms with Gasteiger partial charge < -0.3 is 0 Å². The molecule has 3 nitrogen and oxygen atoms in total. The molecule has 0 rings (SSSR count). The molecule has 0 aromatic rings. The van der Waals surface area contributed by atoms with E-state index >= 15 is 0 Å². The summed E-state index contributed by atoms with van der Waals surface area (Å²) in [6.07, 6.45) is -12.8. The molecule has 0 fully saturated rings. The molecule has 0 saturated carbocycles. The van der Waals surface area contributed by atoms with Crippen LogP contribution in [0.25, 0.3) is 0 Å². The fourth-order valence-electron chi connectivity index (χ4n) is 0.436. The lowest BCUT2D eigenvalue weighted by atomic mass is 10.3. The summed E-state index contributed by atoms with van der Waals surface area (Å²) in [6, 6.07) is 0. The molecular formula is C5H5F7O3S. The van der Waals surface area contributed by atoms with Crippen LogP contribution in [0.1, 0.15) is 6.92 Å². The second kappa shape index (κ2) is 4.02. The highest BCUT2D eigenvalue weighted by Crippen LogP contribution is 2.47. The van der Waals surface area contributed by atoms with Gasteiger partial charge in [0.25, 0.3) is 10.1 Å². The first-order chi connectivity index (χ1) is 6.77. The van der Waals surface area contributed by atoms with Crippen LogP contribution in [0.5, 0.6) is 0 Å². The highest BCUT2D eigenvalue weighted by Gasteiger charge is 2.75. The third-order valence-corrected chi connectivity index (χ3v) is 2.48. The van der Waals surface area contributed by atoms with Gasteiger partial charge in [-0.3, -0.25) is 0 Å². The molecule has 0 aromatic carbocycles. The summed E-state index contributed by atoms with van der Waals surface area (Å²) in [5.74, 6) is -7.77. The molecule has 0 unspecified atom stereocenters. The largest absolute Gasteiger partial charge is 0.462 e. The number of alkyl halides is 7. The zero-order valence-electron chi connectivity index (χ0n) is 7.49. The molecule has 0 aliphatic heterocycles. The quantitative estimate of drug-likeness (QED) is 0.584. The van der Waals surface area contributed by atoms with Crippen LogP contribution in [-0.4, -0.2) is 32.4 Å². The Bertz CT molecular complexity index is 344. The second-order valence-corrected chi connectivity index (χ2v) is 4.38. The van der Waals surface area contributed by atoms with E-state index in [-0.39, 0.29) is 0 Å². The standard InChI is InChI=1S/C5H5F7O3S/c1-2-16(13,14)15-5(11,12)3(6,7)4(8,9)10/h2H2,1H3. The molecule has 0 heterocycles. The van der Waals surface area contributed by atoms with Crippen molar-refractivity contribution in [3.8, 4) is 0 Å². The lowest BCUT2D eigenvalue weighted by molar-refractivity contribution is -0.402. The van der Waals surface area contributed by atoms with E-state index in [1.807, 2.05) is 0 Å². The van der Waals surface area contributed by atoms with E-state index in [9.17, 15) is 39.2 Å². The van der Waals surface area contributed by atoms with Gasteiger partial charge in [-0.1, -0.05) is 0 Å². The highest BCUT2D eigenvalue weighted by atomic mass is 32.2. The second-order valence-electron chi connectivity index (χ2n) is 2.52. The van der Waals surface area contributed by atoms with Crippen molar-refractivity contribution in [2.75, 3.05) is 5.75 Å². The average molecular weight is 278 g/mol. The Labute approximate surface area is 85.3 Å². The molecule has 0 radical (unpaired) electrons. The minimum Gasteiger partial charge on any atom is -0.199 e. The molecule has 0 bridgehead atoms. The molecule has 0 saturated heterocycles. The maximum Gasteiger partial charge on any atom is 0.462 e. The number of rotatable bonds is 4. The smallest absolute Gasteiger partial charge is 0.199 e. The Morgan fingerprint density at radius 1 is 1.00 bits per heavy atom. The molecule has 0 spiro atoms. The third kappa shape index (κ3) is 2.97. The van der Waals surface area contributed by atoms with E-state index in [1.54, 1.807) is 0 Å². The normalized spacial score (nSPS) is 15.2. The molecule has 0 atom stereocenters. The van der Waals surface area contributed by atoms with Crippen molar-refractivity contribution >= 4 is 10.1 Å². The van der Waals surface area contributed by atoms with E-state index in [0.717, 1.165) is 6.92 Å². The molecule has 0 aliphatic carbocycles. The first kappa shape index (κ1) is 15.4. The monoisotopic (exact) mass is 278 g/mol. The molecular weight excluding hydrogens is 273 g/mol. The lowest BCUT2D eigenvalue weighted by Gasteiger charge is -2.26. The Hall–Kier alpha value is -0.580. The molecule has 16 heavy (non-hydrogen) atoms. The van der Waals surface area contributed by atoms with Gasteiger partial charge in [-0.05, 0) is 6.92 Å². The summed E-state index contributed by atoms with van der Waals surface area (Å²) in [5.41, 5.74) is 0. The summed E-state index contributed by atoms with van der Waals surface area (Å²) >= 11 is 0.